The van der Waals surface area contributed by atoms with Gasteiger partial charge in [0, 0.05) is 31.2 Å². The Balaban J connectivity index is 1.85. The summed E-state index contributed by atoms with van der Waals surface area (Å²) in [6.07, 6.45) is 1.47. The highest BCUT2D eigenvalue weighted by molar-refractivity contribution is 7.80. The lowest BCUT2D eigenvalue weighted by Gasteiger charge is -2.14. The van der Waals surface area contributed by atoms with Crippen molar-refractivity contribution in [2.75, 3.05) is 24.3 Å². The highest BCUT2D eigenvalue weighted by Gasteiger charge is 2.11. The Morgan fingerprint density at radius 2 is 1.91 bits per heavy atom. The number of amides is 1. The first kappa shape index (κ1) is 15.8. The number of aromatic nitrogens is 2. The van der Waals surface area contributed by atoms with Gasteiger partial charge < -0.3 is 15.2 Å². The van der Waals surface area contributed by atoms with Crippen LogP contribution in [0.5, 0.6) is 0 Å². The number of hydrogen-bond donors (Lipinski definition) is 4. The van der Waals surface area contributed by atoms with E-state index in [9.17, 15) is 4.79 Å². The zero-order chi connectivity index (χ0) is 16.1. The van der Waals surface area contributed by atoms with Crippen LogP contribution in [0.25, 0.3) is 0 Å². The molecule has 7 nitrogen and oxygen atoms in total. The zero-order valence-electron chi connectivity index (χ0n) is 12.6. The quantitative estimate of drug-likeness (QED) is 0.506. The first-order valence-electron chi connectivity index (χ1n) is 6.62. The van der Waals surface area contributed by atoms with Gasteiger partial charge in [-0.25, -0.2) is 4.98 Å². The molecule has 1 amide bonds. The monoisotopic (exact) mass is 318 g/mol. The minimum atomic E-state index is -0.356. The Morgan fingerprint density at radius 3 is 2.45 bits per heavy atom. The third-order valence-corrected chi connectivity index (χ3v) is 3.18. The molecule has 0 saturated carbocycles. The molecule has 0 saturated heterocycles. The maximum atomic E-state index is 11.9. The van der Waals surface area contributed by atoms with E-state index < -0.39 is 0 Å². The molecule has 1 aromatic carbocycles. The molecule has 2 aromatic rings. The van der Waals surface area contributed by atoms with E-state index in [1.807, 2.05) is 43.3 Å². The van der Waals surface area contributed by atoms with Gasteiger partial charge in [-0.3, -0.25) is 15.6 Å². The number of anilines is 2. The van der Waals surface area contributed by atoms with Crippen molar-refractivity contribution in [2.45, 2.75) is 6.92 Å². The third kappa shape index (κ3) is 3.95. The molecule has 8 heteroatoms. The Labute approximate surface area is 134 Å². The Hall–Kier alpha value is -2.61. The number of rotatable bonds is 3. The molecule has 0 spiro atoms. The highest BCUT2D eigenvalue weighted by atomic mass is 32.1. The second-order valence-electron chi connectivity index (χ2n) is 4.85. The molecule has 22 heavy (non-hydrogen) atoms. The van der Waals surface area contributed by atoms with Crippen molar-refractivity contribution in [2.24, 2.45) is 0 Å². The van der Waals surface area contributed by atoms with Gasteiger partial charge in [-0.1, -0.05) is 0 Å². The normalized spacial score (nSPS) is 9.95. The summed E-state index contributed by atoms with van der Waals surface area (Å²) in [6, 6.07) is 7.75. The fraction of sp³-hybridized carbons (Fsp3) is 0.214. The zero-order valence-corrected chi connectivity index (χ0v) is 13.4. The molecule has 0 unspecified atom stereocenters. The smallest absolute Gasteiger partial charge is 0.290 e. The van der Waals surface area contributed by atoms with Crippen molar-refractivity contribution in [1.29, 1.82) is 0 Å². The number of hydrogen-bond acceptors (Lipinski definition) is 4. The van der Waals surface area contributed by atoms with Gasteiger partial charge >= 0.3 is 0 Å². The molecule has 0 aliphatic carbocycles. The van der Waals surface area contributed by atoms with Crippen molar-refractivity contribution in [3.8, 4) is 0 Å². The topological polar surface area (TPSA) is 85.1 Å². The molecule has 4 N–H and O–H groups in total. The predicted octanol–water partition coefficient (Wildman–Crippen LogP) is 1.42. The number of hydrazine groups is 1. The van der Waals surface area contributed by atoms with Crippen LogP contribution >= 0.6 is 12.2 Å². The minimum absolute atomic E-state index is 0.291. The molecular weight excluding hydrogens is 300 g/mol. The van der Waals surface area contributed by atoms with Crippen molar-refractivity contribution < 1.29 is 4.79 Å². The van der Waals surface area contributed by atoms with E-state index in [2.05, 4.69) is 26.1 Å². The summed E-state index contributed by atoms with van der Waals surface area (Å²) in [7, 11) is 3.95. The number of aryl methyl sites for hydroxylation is 1. The van der Waals surface area contributed by atoms with E-state index in [1.165, 1.54) is 6.33 Å². The van der Waals surface area contributed by atoms with Crippen LogP contribution in [0, 0.1) is 6.92 Å². The fourth-order valence-corrected chi connectivity index (χ4v) is 1.93. The van der Waals surface area contributed by atoms with Crippen LogP contribution in [0.2, 0.25) is 0 Å². The lowest BCUT2D eigenvalue weighted by atomic mass is 10.2. The summed E-state index contributed by atoms with van der Waals surface area (Å²) in [5.74, 6) is -0.356. The van der Waals surface area contributed by atoms with E-state index in [4.69, 9.17) is 12.2 Å². The summed E-state index contributed by atoms with van der Waals surface area (Å²) in [5, 5.41) is 3.27. The van der Waals surface area contributed by atoms with E-state index >= 15 is 0 Å². The predicted molar refractivity (Wildman–Crippen MR) is 90.9 cm³/mol. The summed E-state index contributed by atoms with van der Waals surface area (Å²) in [5.41, 5.74) is 8.07. The van der Waals surface area contributed by atoms with Gasteiger partial charge in [0.2, 0.25) is 0 Å². The van der Waals surface area contributed by atoms with E-state index in [0.29, 0.717) is 16.5 Å². The van der Waals surface area contributed by atoms with Gasteiger partial charge in [0.15, 0.2) is 10.8 Å². The third-order valence-electron chi connectivity index (χ3n) is 2.98. The largest absolute Gasteiger partial charge is 0.378 e. The van der Waals surface area contributed by atoms with Crippen LogP contribution < -0.4 is 21.1 Å². The number of carbonyl (C=O) groups is 1. The van der Waals surface area contributed by atoms with E-state index in [1.54, 1.807) is 6.92 Å². The molecule has 116 valence electrons. The highest BCUT2D eigenvalue weighted by Crippen LogP contribution is 2.15. The van der Waals surface area contributed by atoms with Crippen LogP contribution in [-0.4, -0.2) is 35.1 Å². The van der Waals surface area contributed by atoms with Gasteiger partial charge in [0.05, 0.1) is 6.33 Å². The Morgan fingerprint density at radius 1 is 1.23 bits per heavy atom. The van der Waals surface area contributed by atoms with Crippen molar-refractivity contribution in [1.82, 2.24) is 20.8 Å². The van der Waals surface area contributed by atoms with Crippen LogP contribution in [0.1, 0.15) is 16.2 Å². The Kier molecular flexibility index (Phi) is 4.95. The van der Waals surface area contributed by atoms with Gasteiger partial charge in [0.25, 0.3) is 5.91 Å². The average Bonchev–Trinajstić information content (AvgIpc) is 2.91. The first-order valence-corrected chi connectivity index (χ1v) is 7.03. The van der Waals surface area contributed by atoms with Crippen molar-refractivity contribution >= 4 is 34.6 Å². The summed E-state index contributed by atoms with van der Waals surface area (Å²) in [4.78, 5) is 20.6. The molecule has 0 atom stereocenters. The molecule has 0 aliphatic rings. The maximum absolute atomic E-state index is 11.9. The fourth-order valence-electron chi connectivity index (χ4n) is 1.77. The Bertz CT molecular complexity index is 664. The molecule has 0 radical (unpaired) electrons. The average molecular weight is 318 g/mol. The van der Waals surface area contributed by atoms with Crippen LogP contribution in [0.15, 0.2) is 30.6 Å². The van der Waals surface area contributed by atoms with Gasteiger partial charge in [0.1, 0.15) is 0 Å². The number of carbonyl (C=O) groups excluding carboxylic acids is 1. The lowest BCUT2D eigenvalue weighted by molar-refractivity contribution is 0.0939. The van der Waals surface area contributed by atoms with E-state index in [0.717, 1.165) is 11.4 Å². The van der Waals surface area contributed by atoms with E-state index in [-0.39, 0.29) is 5.91 Å². The molecule has 0 aliphatic heterocycles. The molecule has 0 bridgehead atoms. The summed E-state index contributed by atoms with van der Waals surface area (Å²) < 4.78 is 0. The minimum Gasteiger partial charge on any atom is -0.378 e. The van der Waals surface area contributed by atoms with Gasteiger partial charge in [-0.15, -0.1) is 0 Å². The van der Waals surface area contributed by atoms with Gasteiger partial charge in [-0.2, -0.15) is 0 Å². The van der Waals surface area contributed by atoms with Crippen LogP contribution in [0.4, 0.5) is 11.4 Å². The number of thiocarbonyl (C=S) groups is 1. The lowest BCUT2D eigenvalue weighted by Crippen LogP contribution is -2.44. The maximum Gasteiger partial charge on any atom is 0.290 e. The molecule has 1 aromatic heterocycles. The standard InChI is InChI=1S/C14H18N6OS/c1-9-12(16-8-15-9)13(21)18-19-14(22)17-10-4-6-11(7-5-10)20(2)3/h4-8H,1-3H3,(H,15,16)(H,18,21)(H2,17,19,22). The number of aromatic amines is 1. The molecule has 0 fully saturated rings. The number of nitrogens with one attached hydrogen (secondary N) is 4. The summed E-state index contributed by atoms with van der Waals surface area (Å²) >= 11 is 5.13. The second kappa shape index (κ2) is 6.90. The molecule has 1 heterocycles. The van der Waals surface area contributed by atoms with Crippen molar-refractivity contribution in [3.63, 3.8) is 0 Å². The van der Waals surface area contributed by atoms with Crippen LogP contribution in [0.3, 0.4) is 0 Å². The molecule has 2 rings (SSSR count). The van der Waals surface area contributed by atoms with Crippen molar-refractivity contribution in [3.05, 3.63) is 42.0 Å². The SMILES string of the molecule is Cc1[nH]cnc1C(=O)NNC(=S)Nc1ccc(N(C)C)cc1. The number of imidazole rings is 1. The number of H-pyrrole nitrogens is 1. The first-order chi connectivity index (χ1) is 10.5. The van der Waals surface area contributed by atoms with Gasteiger partial charge in [-0.05, 0) is 43.4 Å². The molecular formula is C14H18N6OS. The number of nitrogens with zero attached hydrogens (tertiary/aromatic N) is 2. The number of benzene rings is 1. The second-order valence-corrected chi connectivity index (χ2v) is 5.26. The van der Waals surface area contributed by atoms with Crippen LogP contribution in [-0.2, 0) is 0 Å². The summed E-state index contributed by atoms with van der Waals surface area (Å²) in [6.45, 7) is 1.77.